The van der Waals surface area contributed by atoms with Gasteiger partial charge in [0.15, 0.2) is 0 Å². The van der Waals surface area contributed by atoms with Crippen LogP contribution in [0, 0.1) is 0 Å². The minimum atomic E-state index is -4.22. The Kier molecular flexibility index (Phi) is 10.9. The molecule has 0 bridgehead atoms. The standard InChI is InChI=1S/C7H5BF3.Li.2H2O.H/c9-7(10,11)8-6-4-2-1-3-5-6;;;;/h1-5H;;2*1H2;. The molecule has 0 aromatic heterocycles. The van der Waals surface area contributed by atoms with E-state index < -0.39 is 6.08 Å². The van der Waals surface area contributed by atoms with Gasteiger partial charge in [-0.25, -0.2) is 0 Å². The van der Waals surface area contributed by atoms with Gasteiger partial charge in [0.1, 0.15) is 0 Å². The van der Waals surface area contributed by atoms with Gasteiger partial charge in [-0.3, -0.25) is 0 Å². The SMILES string of the molecule is FC(F)(F)[B]c1ccccc1.O.O.[LiH]. The molecule has 0 unspecified atom stereocenters. The van der Waals surface area contributed by atoms with Crippen LogP contribution in [0.5, 0.6) is 0 Å². The molecular formula is C7H10BF3LiO2. The maximum absolute atomic E-state index is 11.7. The summed E-state index contributed by atoms with van der Waals surface area (Å²) in [6.45, 7) is 0. The molecule has 0 spiro atoms. The van der Waals surface area contributed by atoms with Crippen LogP contribution >= 0.6 is 0 Å². The first-order chi connectivity index (χ1) is 5.08. The molecule has 14 heavy (non-hydrogen) atoms. The van der Waals surface area contributed by atoms with E-state index in [2.05, 4.69) is 0 Å². The second-order valence-corrected chi connectivity index (χ2v) is 2.10. The molecule has 1 rings (SSSR count). The van der Waals surface area contributed by atoms with E-state index in [4.69, 9.17) is 0 Å². The molecule has 0 saturated carbocycles. The van der Waals surface area contributed by atoms with Crippen LogP contribution in [-0.2, 0) is 0 Å². The maximum atomic E-state index is 11.7. The van der Waals surface area contributed by atoms with Crippen molar-refractivity contribution in [1.82, 2.24) is 0 Å². The Morgan fingerprint density at radius 3 is 1.71 bits per heavy atom. The van der Waals surface area contributed by atoms with Crippen LogP contribution in [-0.4, -0.2) is 43.2 Å². The summed E-state index contributed by atoms with van der Waals surface area (Å²) in [7, 11) is 0.271. The van der Waals surface area contributed by atoms with Gasteiger partial charge < -0.3 is 11.0 Å². The third-order valence-electron chi connectivity index (χ3n) is 1.13. The Bertz CT molecular complexity index is 230. The zero-order valence-corrected chi connectivity index (χ0v) is 6.60. The molecule has 1 radical (unpaired) electrons. The minimum absolute atomic E-state index is 0. The second-order valence-electron chi connectivity index (χ2n) is 2.10. The van der Waals surface area contributed by atoms with E-state index in [1.807, 2.05) is 0 Å². The normalized spacial score (nSPS) is 8.79. The van der Waals surface area contributed by atoms with Crippen molar-refractivity contribution in [3.05, 3.63) is 30.3 Å². The summed E-state index contributed by atoms with van der Waals surface area (Å²) < 4.78 is 35.1. The van der Waals surface area contributed by atoms with Crippen molar-refractivity contribution in [2.24, 2.45) is 0 Å². The molecule has 1 aromatic carbocycles. The summed E-state index contributed by atoms with van der Waals surface area (Å²) in [6, 6.07) is 7.63. The van der Waals surface area contributed by atoms with Crippen molar-refractivity contribution >= 4 is 31.6 Å². The van der Waals surface area contributed by atoms with Crippen LogP contribution < -0.4 is 5.46 Å². The average molecular weight is 201 g/mol. The van der Waals surface area contributed by atoms with Crippen LogP contribution in [0.1, 0.15) is 0 Å². The van der Waals surface area contributed by atoms with Crippen molar-refractivity contribution in [2.45, 2.75) is 6.08 Å². The number of alkyl halides is 3. The zero-order valence-electron chi connectivity index (χ0n) is 6.60. The number of hydrogen-bond acceptors (Lipinski definition) is 0. The molecule has 0 amide bonds. The third-order valence-corrected chi connectivity index (χ3v) is 1.13. The topological polar surface area (TPSA) is 63.0 Å². The number of benzene rings is 1. The van der Waals surface area contributed by atoms with Gasteiger partial charge in [0.2, 0.25) is 0 Å². The summed E-state index contributed by atoms with van der Waals surface area (Å²) in [6.07, 6.45) is -4.22. The van der Waals surface area contributed by atoms with E-state index in [1.165, 1.54) is 12.1 Å². The van der Waals surface area contributed by atoms with Crippen LogP contribution in [0.4, 0.5) is 13.2 Å². The Hall–Kier alpha value is -0.408. The van der Waals surface area contributed by atoms with Gasteiger partial charge in [-0.2, -0.15) is 13.2 Å². The summed E-state index contributed by atoms with van der Waals surface area (Å²) in [5, 5.41) is 0. The molecule has 1 aromatic rings. The van der Waals surface area contributed by atoms with Crippen molar-refractivity contribution in [3.63, 3.8) is 0 Å². The quantitative estimate of drug-likeness (QED) is 0.536. The van der Waals surface area contributed by atoms with E-state index in [0.29, 0.717) is 0 Å². The van der Waals surface area contributed by atoms with Crippen LogP contribution in [0.15, 0.2) is 30.3 Å². The van der Waals surface area contributed by atoms with Gasteiger partial charge in [-0.05, 0) is 0 Å². The van der Waals surface area contributed by atoms with Gasteiger partial charge in [-0.1, -0.05) is 35.8 Å². The van der Waals surface area contributed by atoms with E-state index in [-0.39, 0.29) is 42.6 Å². The van der Waals surface area contributed by atoms with E-state index in [0.717, 1.165) is 0 Å². The molecule has 2 nitrogen and oxygen atoms in total. The Labute approximate surface area is 92.5 Å². The van der Waals surface area contributed by atoms with Crippen molar-refractivity contribution in [3.8, 4) is 0 Å². The van der Waals surface area contributed by atoms with E-state index in [9.17, 15) is 13.2 Å². The number of halogens is 3. The van der Waals surface area contributed by atoms with Gasteiger partial charge in [0.05, 0.1) is 0 Å². The van der Waals surface area contributed by atoms with Crippen molar-refractivity contribution in [2.75, 3.05) is 0 Å². The molecule has 0 aliphatic heterocycles. The molecule has 0 heterocycles. The van der Waals surface area contributed by atoms with Crippen LogP contribution in [0.2, 0.25) is 0 Å². The molecule has 75 valence electrons. The predicted molar refractivity (Wildman–Crippen MR) is 52.3 cm³/mol. The second kappa shape index (κ2) is 7.95. The molecule has 4 N–H and O–H groups in total. The monoisotopic (exact) mass is 201 g/mol. The van der Waals surface area contributed by atoms with Crippen molar-refractivity contribution in [1.29, 1.82) is 0 Å². The Morgan fingerprint density at radius 2 is 1.36 bits per heavy atom. The summed E-state index contributed by atoms with van der Waals surface area (Å²) in [4.78, 5) is 0. The molecule has 7 heteroatoms. The molecule has 0 fully saturated rings. The van der Waals surface area contributed by atoms with Crippen LogP contribution in [0.3, 0.4) is 0 Å². The van der Waals surface area contributed by atoms with Gasteiger partial charge in [0, 0.05) is 0 Å². The van der Waals surface area contributed by atoms with Crippen LogP contribution in [0.25, 0.3) is 0 Å². The molecule has 0 saturated heterocycles. The predicted octanol–water partition coefficient (Wildman–Crippen LogP) is -0.762. The summed E-state index contributed by atoms with van der Waals surface area (Å²) in [5.41, 5.74) is 0.181. The first-order valence-corrected chi connectivity index (χ1v) is 3.05. The fourth-order valence-corrected chi connectivity index (χ4v) is 0.738. The summed E-state index contributed by atoms with van der Waals surface area (Å²) >= 11 is 0. The average Bonchev–Trinajstić information content (AvgIpc) is 1.85. The zero-order chi connectivity index (χ0) is 8.32. The first-order valence-electron chi connectivity index (χ1n) is 3.05. The van der Waals surface area contributed by atoms with E-state index >= 15 is 0 Å². The fraction of sp³-hybridized carbons (Fsp3) is 0.143. The van der Waals surface area contributed by atoms with Gasteiger partial charge >= 0.3 is 24.9 Å². The Morgan fingerprint density at radius 1 is 0.929 bits per heavy atom. The number of rotatable bonds is 1. The Balaban J connectivity index is -0.000000403. The van der Waals surface area contributed by atoms with Crippen molar-refractivity contribution < 1.29 is 24.1 Å². The number of hydrogen-bond donors (Lipinski definition) is 0. The summed E-state index contributed by atoms with van der Waals surface area (Å²) in [5.74, 6) is 0. The van der Waals surface area contributed by atoms with E-state index in [1.54, 1.807) is 18.2 Å². The molecule has 0 aliphatic carbocycles. The third kappa shape index (κ3) is 8.20. The molecule has 0 atom stereocenters. The van der Waals surface area contributed by atoms with Gasteiger partial charge in [0.25, 0.3) is 7.28 Å². The molecular weight excluding hydrogens is 191 g/mol. The fourth-order valence-electron chi connectivity index (χ4n) is 0.738. The molecule has 0 aliphatic rings. The first kappa shape index (κ1) is 19.2. The van der Waals surface area contributed by atoms with Gasteiger partial charge in [-0.15, -0.1) is 0 Å².